The predicted molar refractivity (Wildman–Crippen MR) is 65.6 cm³/mol. The summed E-state index contributed by atoms with van der Waals surface area (Å²) >= 11 is 0. The van der Waals surface area contributed by atoms with Gasteiger partial charge in [-0.3, -0.25) is 0 Å². The fraction of sp³-hybridized carbons (Fsp3) is 0.538. The van der Waals surface area contributed by atoms with Crippen LogP contribution in [0.1, 0.15) is 32.6 Å². The normalized spacial score (nSPS) is 10.2. The minimum absolute atomic E-state index is 0.303. The zero-order valence-corrected chi connectivity index (χ0v) is 10.1. The standard InChI is InChI=1S/C13H20FNO/c1-3-4-5-6-9-16-13-8-7-11(15-2)10-12(13)14/h7-8,10,15H,3-6,9H2,1-2H3. The average molecular weight is 225 g/mol. The number of nitrogens with one attached hydrogen (secondary N) is 1. The maximum absolute atomic E-state index is 13.4. The minimum atomic E-state index is -0.303. The van der Waals surface area contributed by atoms with Gasteiger partial charge in [0.1, 0.15) is 0 Å². The van der Waals surface area contributed by atoms with Gasteiger partial charge >= 0.3 is 0 Å². The van der Waals surface area contributed by atoms with Gasteiger partial charge in [0.2, 0.25) is 0 Å². The van der Waals surface area contributed by atoms with E-state index in [2.05, 4.69) is 12.2 Å². The molecule has 3 heteroatoms. The van der Waals surface area contributed by atoms with Gasteiger partial charge in [-0.15, -0.1) is 0 Å². The highest BCUT2D eigenvalue weighted by molar-refractivity contribution is 5.46. The van der Waals surface area contributed by atoms with Crippen molar-refractivity contribution in [2.24, 2.45) is 0 Å². The van der Waals surface area contributed by atoms with Gasteiger partial charge in [-0.1, -0.05) is 26.2 Å². The van der Waals surface area contributed by atoms with Crippen molar-refractivity contribution in [2.45, 2.75) is 32.6 Å². The lowest BCUT2D eigenvalue weighted by atomic mass is 10.2. The van der Waals surface area contributed by atoms with Gasteiger partial charge in [0.05, 0.1) is 6.61 Å². The van der Waals surface area contributed by atoms with Crippen molar-refractivity contribution in [2.75, 3.05) is 19.0 Å². The molecule has 0 heterocycles. The van der Waals surface area contributed by atoms with Crippen LogP contribution in [0.15, 0.2) is 18.2 Å². The summed E-state index contributed by atoms with van der Waals surface area (Å²) in [5.41, 5.74) is 0.760. The monoisotopic (exact) mass is 225 g/mol. The van der Waals surface area contributed by atoms with Crippen LogP contribution in [0.4, 0.5) is 10.1 Å². The van der Waals surface area contributed by atoms with E-state index in [1.54, 1.807) is 13.1 Å². The van der Waals surface area contributed by atoms with Crippen molar-refractivity contribution in [3.05, 3.63) is 24.0 Å². The summed E-state index contributed by atoms with van der Waals surface area (Å²) in [6.07, 6.45) is 4.55. The van der Waals surface area contributed by atoms with Crippen LogP contribution in [0.3, 0.4) is 0 Å². The van der Waals surface area contributed by atoms with Crippen molar-refractivity contribution in [1.29, 1.82) is 0 Å². The van der Waals surface area contributed by atoms with Crippen molar-refractivity contribution >= 4 is 5.69 Å². The van der Waals surface area contributed by atoms with E-state index in [0.29, 0.717) is 12.4 Å². The third kappa shape index (κ3) is 4.09. The second kappa shape index (κ2) is 7.09. The van der Waals surface area contributed by atoms with Gasteiger partial charge in [0, 0.05) is 18.8 Å². The third-order valence-corrected chi connectivity index (χ3v) is 2.48. The topological polar surface area (TPSA) is 21.3 Å². The van der Waals surface area contributed by atoms with Gasteiger partial charge in [-0.05, 0) is 18.6 Å². The van der Waals surface area contributed by atoms with Crippen LogP contribution in [0.25, 0.3) is 0 Å². The Morgan fingerprint density at radius 2 is 2.06 bits per heavy atom. The molecule has 0 spiro atoms. The van der Waals surface area contributed by atoms with Crippen molar-refractivity contribution in [1.82, 2.24) is 0 Å². The van der Waals surface area contributed by atoms with Gasteiger partial charge in [-0.25, -0.2) is 4.39 Å². The summed E-state index contributed by atoms with van der Waals surface area (Å²) < 4.78 is 18.8. The molecular formula is C13H20FNO. The molecule has 0 aliphatic carbocycles. The number of ether oxygens (including phenoxy) is 1. The first-order valence-electron chi connectivity index (χ1n) is 5.88. The smallest absolute Gasteiger partial charge is 0.167 e. The first-order chi connectivity index (χ1) is 7.77. The molecule has 1 aromatic carbocycles. The molecule has 1 rings (SSSR count). The number of halogens is 1. The summed E-state index contributed by atoms with van der Waals surface area (Å²) in [5, 5.41) is 2.88. The van der Waals surface area contributed by atoms with E-state index >= 15 is 0 Å². The van der Waals surface area contributed by atoms with E-state index in [1.165, 1.54) is 18.9 Å². The molecule has 0 bridgehead atoms. The van der Waals surface area contributed by atoms with Crippen molar-refractivity contribution in [3.8, 4) is 5.75 Å². The Kier molecular flexibility index (Phi) is 5.68. The highest BCUT2D eigenvalue weighted by Crippen LogP contribution is 2.21. The fourth-order valence-corrected chi connectivity index (χ4v) is 1.48. The van der Waals surface area contributed by atoms with Crippen LogP contribution in [0.2, 0.25) is 0 Å². The molecule has 0 radical (unpaired) electrons. The molecule has 0 saturated heterocycles. The van der Waals surface area contributed by atoms with E-state index in [4.69, 9.17) is 4.74 Å². The Morgan fingerprint density at radius 1 is 1.25 bits per heavy atom. The quantitative estimate of drug-likeness (QED) is 0.712. The van der Waals surface area contributed by atoms with Crippen LogP contribution in [0.5, 0.6) is 5.75 Å². The number of rotatable bonds is 7. The van der Waals surface area contributed by atoms with Gasteiger partial charge in [0.15, 0.2) is 11.6 Å². The van der Waals surface area contributed by atoms with E-state index < -0.39 is 0 Å². The Labute approximate surface area is 96.8 Å². The molecule has 0 aromatic heterocycles. The molecule has 16 heavy (non-hydrogen) atoms. The summed E-state index contributed by atoms with van der Waals surface area (Å²) in [6, 6.07) is 4.92. The molecule has 0 fully saturated rings. The minimum Gasteiger partial charge on any atom is -0.491 e. The first kappa shape index (κ1) is 12.8. The molecule has 90 valence electrons. The Morgan fingerprint density at radius 3 is 2.69 bits per heavy atom. The third-order valence-electron chi connectivity index (χ3n) is 2.48. The number of hydrogen-bond acceptors (Lipinski definition) is 2. The molecule has 0 atom stereocenters. The molecule has 0 aliphatic heterocycles. The fourth-order valence-electron chi connectivity index (χ4n) is 1.48. The Bertz CT molecular complexity index is 315. The largest absolute Gasteiger partial charge is 0.491 e. The molecule has 1 aromatic rings. The van der Waals surface area contributed by atoms with Crippen LogP contribution < -0.4 is 10.1 Å². The number of hydrogen-bond donors (Lipinski definition) is 1. The summed E-state index contributed by atoms with van der Waals surface area (Å²) in [4.78, 5) is 0. The first-order valence-corrected chi connectivity index (χ1v) is 5.88. The average Bonchev–Trinajstić information content (AvgIpc) is 2.30. The summed E-state index contributed by atoms with van der Waals surface area (Å²) in [6.45, 7) is 2.76. The van der Waals surface area contributed by atoms with Gasteiger partial charge < -0.3 is 10.1 Å². The van der Waals surface area contributed by atoms with Crippen LogP contribution in [-0.2, 0) is 0 Å². The maximum Gasteiger partial charge on any atom is 0.167 e. The lowest BCUT2D eigenvalue weighted by Crippen LogP contribution is -2.00. The zero-order chi connectivity index (χ0) is 11.8. The lowest BCUT2D eigenvalue weighted by Gasteiger charge is -2.08. The van der Waals surface area contributed by atoms with Gasteiger partial charge in [-0.2, -0.15) is 0 Å². The lowest BCUT2D eigenvalue weighted by molar-refractivity contribution is 0.290. The second-order valence-electron chi connectivity index (χ2n) is 3.80. The van der Waals surface area contributed by atoms with Gasteiger partial charge in [0.25, 0.3) is 0 Å². The molecule has 1 N–H and O–H groups in total. The number of anilines is 1. The van der Waals surface area contributed by atoms with Crippen LogP contribution in [0, 0.1) is 5.82 Å². The predicted octanol–water partition coefficient (Wildman–Crippen LogP) is 3.83. The molecule has 0 unspecified atom stereocenters. The number of unbranched alkanes of at least 4 members (excludes halogenated alkanes) is 3. The zero-order valence-electron chi connectivity index (χ0n) is 10.1. The highest BCUT2D eigenvalue weighted by Gasteiger charge is 2.03. The van der Waals surface area contributed by atoms with Crippen molar-refractivity contribution in [3.63, 3.8) is 0 Å². The molecule has 0 aliphatic rings. The maximum atomic E-state index is 13.4. The molecule has 0 amide bonds. The van der Waals surface area contributed by atoms with E-state index in [9.17, 15) is 4.39 Å². The van der Waals surface area contributed by atoms with Crippen LogP contribution >= 0.6 is 0 Å². The Balaban J connectivity index is 2.36. The van der Waals surface area contributed by atoms with E-state index in [-0.39, 0.29) is 5.82 Å². The SMILES string of the molecule is CCCCCCOc1ccc(NC)cc1F. The number of benzene rings is 1. The van der Waals surface area contributed by atoms with E-state index in [0.717, 1.165) is 18.5 Å². The molecular weight excluding hydrogens is 205 g/mol. The van der Waals surface area contributed by atoms with E-state index in [1.807, 2.05) is 6.07 Å². The molecule has 2 nitrogen and oxygen atoms in total. The second-order valence-corrected chi connectivity index (χ2v) is 3.80. The van der Waals surface area contributed by atoms with Crippen molar-refractivity contribution < 1.29 is 9.13 Å². The highest BCUT2D eigenvalue weighted by atomic mass is 19.1. The Hall–Kier alpha value is -1.25. The molecule has 0 saturated carbocycles. The summed E-state index contributed by atoms with van der Waals surface area (Å²) in [7, 11) is 1.76. The van der Waals surface area contributed by atoms with Crippen LogP contribution in [-0.4, -0.2) is 13.7 Å². The summed E-state index contributed by atoms with van der Waals surface area (Å²) in [5.74, 6) is 0.0397.